The number of halogens is 5. The number of hydrogen-bond acceptors (Lipinski definition) is 2. The van der Waals surface area contributed by atoms with Gasteiger partial charge in [-0.1, -0.05) is 12.1 Å². The third kappa shape index (κ3) is 2.76. The fourth-order valence-corrected chi connectivity index (χ4v) is 1.22. The van der Waals surface area contributed by atoms with E-state index >= 15 is 0 Å². The van der Waals surface area contributed by atoms with E-state index in [1.54, 1.807) is 0 Å². The molecule has 0 amide bonds. The number of alkyl halides is 5. The van der Waals surface area contributed by atoms with Crippen molar-refractivity contribution in [3.63, 3.8) is 0 Å². The van der Waals surface area contributed by atoms with Gasteiger partial charge in [0.25, 0.3) is 5.92 Å². The molecule has 1 rings (SSSR count). The molecule has 100 valence electrons. The Bertz CT molecular complexity index is 441. The van der Waals surface area contributed by atoms with Gasteiger partial charge in [0.2, 0.25) is 0 Å². The summed E-state index contributed by atoms with van der Waals surface area (Å²) in [6, 6.07) is -0.624. The summed E-state index contributed by atoms with van der Waals surface area (Å²) in [5.41, 5.74) is 2.79. The fraction of sp³-hybridized carbons (Fsp3) is 0.300. The minimum absolute atomic E-state index is 0.442. The first-order chi connectivity index (χ1) is 8.06. The predicted molar refractivity (Wildman–Crippen MR) is 50.9 cm³/mol. The Labute approximate surface area is 98.0 Å². The van der Waals surface area contributed by atoms with E-state index in [0.29, 0.717) is 24.3 Å². The molecule has 1 unspecified atom stereocenters. The second kappa shape index (κ2) is 4.52. The van der Waals surface area contributed by atoms with Gasteiger partial charge in [-0.3, -0.25) is 4.79 Å². The standard InChI is InChI=1S/C10H8F5NO2/c11-9(12,7(16)8(17)18)5-1-3-6(4-2-5)10(13,14)15/h1-4,7H,16H2,(H,17,18). The average Bonchev–Trinajstić information content (AvgIpc) is 2.26. The molecule has 1 atom stereocenters. The Morgan fingerprint density at radius 1 is 1.06 bits per heavy atom. The maximum Gasteiger partial charge on any atom is 0.416 e. The van der Waals surface area contributed by atoms with Crippen molar-refractivity contribution in [3.05, 3.63) is 35.4 Å². The molecule has 0 radical (unpaired) electrons. The molecule has 0 aliphatic carbocycles. The molecule has 18 heavy (non-hydrogen) atoms. The van der Waals surface area contributed by atoms with Crippen molar-refractivity contribution in [1.29, 1.82) is 0 Å². The molecule has 8 heteroatoms. The van der Waals surface area contributed by atoms with Crippen LogP contribution in [0.4, 0.5) is 22.0 Å². The Hall–Kier alpha value is -1.70. The largest absolute Gasteiger partial charge is 0.480 e. The van der Waals surface area contributed by atoms with E-state index in [2.05, 4.69) is 0 Å². The summed E-state index contributed by atoms with van der Waals surface area (Å²) in [5.74, 6) is -5.89. The summed E-state index contributed by atoms with van der Waals surface area (Å²) in [7, 11) is 0. The monoisotopic (exact) mass is 269 g/mol. The van der Waals surface area contributed by atoms with Gasteiger partial charge in [0.1, 0.15) is 0 Å². The van der Waals surface area contributed by atoms with E-state index in [4.69, 9.17) is 10.8 Å². The van der Waals surface area contributed by atoms with Crippen LogP contribution in [0.5, 0.6) is 0 Å². The van der Waals surface area contributed by atoms with Crippen molar-refractivity contribution < 1.29 is 31.9 Å². The van der Waals surface area contributed by atoms with Crippen LogP contribution in [0.3, 0.4) is 0 Å². The van der Waals surface area contributed by atoms with E-state index in [-0.39, 0.29) is 0 Å². The number of carboxylic acid groups (broad SMARTS) is 1. The van der Waals surface area contributed by atoms with Crippen LogP contribution in [0, 0.1) is 0 Å². The molecule has 3 nitrogen and oxygen atoms in total. The molecular weight excluding hydrogens is 261 g/mol. The van der Waals surface area contributed by atoms with Crippen LogP contribution in [0.25, 0.3) is 0 Å². The molecule has 0 fully saturated rings. The van der Waals surface area contributed by atoms with Crippen molar-refractivity contribution in [3.8, 4) is 0 Å². The summed E-state index contributed by atoms with van der Waals surface area (Å²) in [4.78, 5) is 10.4. The second-order valence-corrected chi connectivity index (χ2v) is 3.51. The number of carboxylic acids is 1. The van der Waals surface area contributed by atoms with Crippen LogP contribution >= 0.6 is 0 Å². The quantitative estimate of drug-likeness (QED) is 0.827. The molecule has 0 aliphatic heterocycles. The van der Waals surface area contributed by atoms with Crippen LogP contribution in [-0.2, 0) is 16.9 Å². The maximum absolute atomic E-state index is 13.4. The molecule has 0 spiro atoms. The molecule has 3 N–H and O–H groups in total. The van der Waals surface area contributed by atoms with Gasteiger partial charge in [-0.15, -0.1) is 0 Å². The van der Waals surface area contributed by atoms with Crippen LogP contribution in [0.15, 0.2) is 24.3 Å². The van der Waals surface area contributed by atoms with Crippen molar-refractivity contribution in [2.24, 2.45) is 5.73 Å². The Morgan fingerprint density at radius 3 is 1.78 bits per heavy atom. The molecule has 1 aromatic rings. The fourth-order valence-electron chi connectivity index (χ4n) is 1.22. The summed E-state index contributed by atoms with van der Waals surface area (Å²) >= 11 is 0. The van der Waals surface area contributed by atoms with Crippen molar-refractivity contribution >= 4 is 5.97 Å². The average molecular weight is 269 g/mol. The minimum atomic E-state index is -4.65. The normalized spacial score (nSPS) is 14.3. The lowest BCUT2D eigenvalue weighted by Crippen LogP contribution is -2.45. The Morgan fingerprint density at radius 2 is 1.44 bits per heavy atom. The van der Waals surface area contributed by atoms with Gasteiger partial charge in [0, 0.05) is 5.56 Å². The van der Waals surface area contributed by atoms with Gasteiger partial charge in [0.05, 0.1) is 5.56 Å². The number of carbonyl (C=O) groups is 1. The molecule has 0 heterocycles. The van der Waals surface area contributed by atoms with Gasteiger partial charge in [0.15, 0.2) is 6.04 Å². The first-order valence-corrected chi connectivity index (χ1v) is 4.60. The number of benzene rings is 1. The van der Waals surface area contributed by atoms with Gasteiger partial charge in [-0.2, -0.15) is 22.0 Å². The third-order valence-corrected chi connectivity index (χ3v) is 2.25. The molecule has 1 aromatic carbocycles. The van der Waals surface area contributed by atoms with Gasteiger partial charge < -0.3 is 10.8 Å². The van der Waals surface area contributed by atoms with E-state index in [9.17, 15) is 26.7 Å². The Kier molecular flexibility index (Phi) is 3.61. The lowest BCUT2D eigenvalue weighted by Gasteiger charge is -2.21. The van der Waals surface area contributed by atoms with Crippen molar-refractivity contribution in [2.45, 2.75) is 18.1 Å². The summed E-state index contributed by atoms with van der Waals surface area (Å²) in [6.45, 7) is 0. The van der Waals surface area contributed by atoms with Gasteiger partial charge in [-0.25, -0.2) is 0 Å². The van der Waals surface area contributed by atoms with Crippen molar-refractivity contribution in [1.82, 2.24) is 0 Å². The smallest absolute Gasteiger partial charge is 0.416 e. The summed E-state index contributed by atoms with van der Waals surface area (Å²) < 4.78 is 63.5. The molecular formula is C10H8F5NO2. The lowest BCUT2D eigenvalue weighted by atomic mass is 10.0. The first-order valence-electron chi connectivity index (χ1n) is 4.60. The zero-order valence-electron chi connectivity index (χ0n) is 8.71. The SMILES string of the molecule is NC(C(=O)O)C(F)(F)c1ccc(C(F)(F)F)cc1. The zero-order chi connectivity index (χ0) is 14.1. The predicted octanol–water partition coefficient (Wildman–Crippen LogP) is 2.21. The van der Waals surface area contributed by atoms with Crippen LogP contribution in [0.2, 0.25) is 0 Å². The number of nitrogens with two attached hydrogens (primary N) is 1. The summed E-state index contributed by atoms with van der Waals surface area (Å²) in [6.07, 6.45) is -4.65. The maximum atomic E-state index is 13.4. The van der Waals surface area contributed by atoms with E-state index in [1.165, 1.54) is 0 Å². The first kappa shape index (κ1) is 14.4. The highest BCUT2D eigenvalue weighted by atomic mass is 19.4. The highest BCUT2D eigenvalue weighted by Crippen LogP contribution is 2.34. The highest BCUT2D eigenvalue weighted by Gasteiger charge is 2.44. The van der Waals surface area contributed by atoms with Gasteiger partial charge >= 0.3 is 12.1 Å². The molecule has 0 bridgehead atoms. The molecule has 0 saturated carbocycles. The summed E-state index contributed by atoms with van der Waals surface area (Å²) in [5, 5.41) is 8.38. The van der Waals surface area contributed by atoms with Crippen LogP contribution in [-0.4, -0.2) is 17.1 Å². The zero-order valence-corrected chi connectivity index (χ0v) is 8.71. The highest BCUT2D eigenvalue weighted by molar-refractivity contribution is 5.74. The molecule has 0 saturated heterocycles. The van der Waals surface area contributed by atoms with E-state index in [0.717, 1.165) is 0 Å². The van der Waals surface area contributed by atoms with Crippen molar-refractivity contribution in [2.75, 3.05) is 0 Å². The number of aliphatic carboxylic acids is 1. The Balaban J connectivity index is 3.08. The third-order valence-electron chi connectivity index (χ3n) is 2.25. The van der Waals surface area contributed by atoms with E-state index in [1.807, 2.05) is 0 Å². The topological polar surface area (TPSA) is 63.3 Å². The van der Waals surface area contributed by atoms with Crippen LogP contribution in [0.1, 0.15) is 11.1 Å². The second-order valence-electron chi connectivity index (χ2n) is 3.51. The molecule has 0 aliphatic rings. The molecule has 0 aromatic heterocycles. The van der Waals surface area contributed by atoms with Gasteiger partial charge in [-0.05, 0) is 12.1 Å². The lowest BCUT2D eigenvalue weighted by molar-refractivity contribution is -0.149. The van der Waals surface area contributed by atoms with Crippen LogP contribution < -0.4 is 5.73 Å². The minimum Gasteiger partial charge on any atom is -0.480 e. The number of hydrogen-bond donors (Lipinski definition) is 2. The number of rotatable bonds is 3. The van der Waals surface area contributed by atoms with E-state index < -0.39 is 35.2 Å².